The lowest BCUT2D eigenvalue weighted by atomic mass is 9.99. The lowest BCUT2D eigenvalue weighted by molar-refractivity contribution is -0.133. The SMILES string of the molecule is O=C(CN1C[C@H](c2ccccc2)CC1=O)N/N=C\c1ccc(-c2ccc(F)cc2F)o1. The van der Waals surface area contributed by atoms with Crippen molar-refractivity contribution in [2.45, 2.75) is 12.3 Å². The second kappa shape index (κ2) is 8.91. The molecule has 2 aromatic carbocycles. The number of likely N-dealkylation sites (tertiary alicyclic amines) is 1. The smallest absolute Gasteiger partial charge is 0.259 e. The van der Waals surface area contributed by atoms with E-state index in [2.05, 4.69) is 10.5 Å². The molecule has 0 saturated carbocycles. The number of nitrogens with zero attached hydrogens (tertiary/aromatic N) is 2. The Balaban J connectivity index is 1.31. The van der Waals surface area contributed by atoms with Crippen LogP contribution < -0.4 is 5.43 Å². The Morgan fingerprint density at radius 2 is 1.97 bits per heavy atom. The van der Waals surface area contributed by atoms with Crippen molar-refractivity contribution in [3.05, 3.63) is 83.6 Å². The van der Waals surface area contributed by atoms with E-state index in [9.17, 15) is 18.4 Å². The largest absolute Gasteiger partial charge is 0.455 e. The first-order valence-corrected chi connectivity index (χ1v) is 9.69. The van der Waals surface area contributed by atoms with E-state index in [4.69, 9.17) is 4.42 Å². The van der Waals surface area contributed by atoms with E-state index < -0.39 is 17.5 Å². The molecule has 1 atom stereocenters. The summed E-state index contributed by atoms with van der Waals surface area (Å²) in [5.74, 6) is -1.38. The van der Waals surface area contributed by atoms with Crippen molar-refractivity contribution >= 4 is 18.0 Å². The number of amides is 2. The van der Waals surface area contributed by atoms with Gasteiger partial charge in [0.2, 0.25) is 5.91 Å². The van der Waals surface area contributed by atoms with Crippen LogP contribution in [0.3, 0.4) is 0 Å². The first-order chi connectivity index (χ1) is 15.0. The summed E-state index contributed by atoms with van der Waals surface area (Å²) in [7, 11) is 0. The van der Waals surface area contributed by atoms with Crippen LogP contribution in [0, 0.1) is 11.6 Å². The number of rotatable bonds is 6. The van der Waals surface area contributed by atoms with Crippen LogP contribution in [-0.2, 0) is 9.59 Å². The fraction of sp³-hybridized carbons (Fsp3) is 0.174. The van der Waals surface area contributed by atoms with Gasteiger partial charge in [0.15, 0.2) is 0 Å². The van der Waals surface area contributed by atoms with E-state index in [0.29, 0.717) is 13.0 Å². The minimum atomic E-state index is -0.741. The Morgan fingerprint density at radius 1 is 1.16 bits per heavy atom. The molecule has 1 aromatic heterocycles. The molecule has 1 aliphatic rings. The lowest BCUT2D eigenvalue weighted by Crippen LogP contribution is -2.36. The highest BCUT2D eigenvalue weighted by Crippen LogP contribution is 2.28. The van der Waals surface area contributed by atoms with Gasteiger partial charge in [-0.05, 0) is 29.8 Å². The predicted molar refractivity (Wildman–Crippen MR) is 110 cm³/mol. The summed E-state index contributed by atoms with van der Waals surface area (Å²) < 4.78 is 32.3. The first-order valence-electron chi connectivity index (χ1n) is 9.69. The minimum absolute atomic E-state index is 0.0680. The second-order valence-corrected chi connectivity index (χ2v) is 7.21. The maximum atomic E-state index is 13.8. The molecule has 2 heterocycles. The zero-order valence-electron chi connectivity index (χ0n) is 16.4. The molecule has 3 aromatic rings. The highest BCUT2D eigenvalue weighted by Gasteiger charge is 2.31. The van der Waals surface area contributed by atoms with Crippen LogP contribution in [0.2, 0.25) is 0 Å². The van der Waals surface area contributed by atoms with E-state index in [1.54, 1.807) is 6.07 Å². The van der Waals surface area contributed by atoms with Gasteiger partial charge in [0.1, 0.15) is 29.7 Å². The van der Waals surface area contributed by atoms with Gasteiger partial charge in [-0.25, -0.2) is 14.2 Å². The molecule has 158 valence electrons. The van der Waals surface area contributed by atoms with Gasteiger partial charge < -0.3 is 9.32 Å². The van der Waals surface area contributed by atoms with Gasteiger partial charge in [0.25, 0.3) is 5.91 Å². The third-order valence-corrected chi connectivity index (χ3v) is 5.02. The predicted octanol–water partition coefficient (Wildman–Crippen LogP) is 3.69. The number of furan rings is 1. The number of hydrogen-bond donors (Lipinski definition) is 1. The van der Waals surface area contributed by atoms with Crippen LogP contribution in [-0.4, -0.2) is 36.0 Å². The number of carbonyl (C=O) groups is 2. The van der Waals surface area contributed by atoms with Crippen molar-refractivity contribution in [1.29, 1.82) is 0 Å². The molecule has 4 rings (SSSR count). The molecule has 0 bridgehead atoms. The fourth-order valence-electron chi connectivity index (χ4n) is 3.51. The van der Waals surface area contributed by atoms with Crippen molar-refractivity contribution in [1.82, 2.24) is 10.3 Å². The molecule has 1 saturated heterocycles. The number of hydrazone groups is 1. The van der Waals surface area contributed by atoms with Crippen LogP contribution in [0.1, 0.15) is 23.7 Å². The van der Waals surface area contributed by atoms with Crippen molar-refractivity contribution in [3.8, 4) is 11.3 Å². The van der Waals surface area contributed by atoms with E-state index in [-0.39, 0.29) is 35.5 Å². The molecule has 31 heavy (non-hydrogen) atoms. The highest BCUT2D eigenvalue weighted by molar-refractivity contribution is 5.87. The van der Waals surface area contributed by atoms with Gasteiger partial charge >= 0.3 is 0 Å². The summed E-state index contributed by atoms with van der Waals surface area (Å²) in [5, 5.41) is 3.82. The normalized spacial score (nSPS) is 16.3. The molecule has 6 nitrogen and oxygen atoms in total. The number of halogens is 2. The standard InChI is InChI=1S/C23H19F2N3O3/c24-17-6-8-19(20(25)11-17)21-9-7-18(31-21)12-26-27-22(29)14-28-13-16(10-23(28)30)15-4-2-1-3-5-15/h1-9,11-12,16H,10,13-14H2,(H,27,29)/b26-12-/t16-/m1/s1. The maximum absolute atomic E-state index is 13.8. The molecule has 1 aliphatic heterocycles. The third-order valence-electron chi connectivity index (χ3n) is 5.02. The number of hydrogen-bond acceptors (Lipinski definition) is 4. The molecule has 0 radical (unpaired) electrons. The van der Waals surface area contributed by atoms with E-state index in [0.717, 1.165) is 17.7 Å². The minimum Gasteiger partial charge on any atom is -0.455 e. The Kier molecular flexibility index (Phi) is 5.88. The Hall–Kier alpha value is -3.81. The Morgan fingerprint density at radius 3 is 2.74 bits per heavy atom. The van der Waals surface area contributed by atoms with Crippen LogP contribution in [0.25, 0.3) is 11.3 Å². The summed E-state index contributed by atoms with van der Waals surface area (Å²) in [6.45, 7) is 0.383. The van der Waals surface area contributed by atoms with Gasteiger partial charge in [-0.2, -0.15) is 5.10 Å². The monoisotopic (exact) mass is 423 g/mol. The first kappa shape index (κ1) is 20.5. The summed E-state index contributed by atoms with van der Waals surface area (Å²) in [4.78, 5) is 25.9. The summed E-state index contributed by atoms with van der Waals surface area (Å²) >= 11 is 0. The molecule has 1 fully saturated rings. The van der Waals surface area contributed by atoms with Crippen molar-refractivity contribution in [2.75, 3.05) is 13.1 Å². The highest BCUT2D eigenvalue weighted by atomic mass is 19.1. The fourth-order valence-corrected chi connectivity index (χ4v) is 3.51. The number of nitrogens with one attached hydrogen (secondary N) is 1. The van der Waals surface area contributed by atoms with Crippen LogP contribution >= 0.6 is 0 Å². The number of carbonyl (C=O) groups excluding carboxylic acids is 2. The van der Waals surface area contributed by atoms with Gasteiger partial charge in [0.05, 0.1) is 11.8 Å². The molecule has 0 unspecified atom stereocenters. The van der Waals surface area contributed by atoms with Gasteiger partial charge in [-0.15, -0.1) is 0 Å². The summed E-state index contributed by atoms with van der Waals surface area (Å²) in [6, 6.07) is 16.0. The van der Waals surface area contributed by atoms with Gasteiger partial charge in [-0.1, -0.05) is 30.3 Å². The third kappa shape index (κ3) is 4.85. The topological polar surface area (TPSA) is 74.9 Å². The molecular formula is C23H19F2N3O3. The van der Waals surface area contributed by atoms with E-state index in [1.807, 2.05) is 30.3 Å². The van der Waals surface area contributed by atoms with Crippen molar-refractivity contribution in [3.63, 3.8) is 0 Å². The molecule has 2 amide bonds. The van der Waals surface area contributed by atoms with Crippen LogP contribution in [0.15, 0.2) is 70.2 Å². The Bertz CT molecular complexity index is 1130. The average Bonchev–Trinajstić information content (AvgIpc) is 3.36. The van der Waals surface area contributed by atoms with Crippen molar-refractivity contribution < 1.29 is 22.8 Å². The summed E-state index contributed by atoms with van der Waals surface area (Å²) in [6.07, 6.45) is 1.64. The van der Waals surface area contributed by atoms with E-state index >= 15 is 0 Å². The molecular weight excluding hydrogens is 404 g/mol. The van der Waals surface area contributed by atoms with Crippen molar-refractivity contribution in [2.24, 2.45) is 5.10 Å². The molecule has 1 N–H and O–H groups in total. The number of benzene rings is 2. The zero-order valence-corrected chi connectivity index (χ0v) is 16.4. The lowest BCUT2D eigenvalue weighted by Gasteiger charge is -2.15. The maximum Gasteiger partial charge on any atom is 0.259 e. The van der Waals surface area contributed by atoms with E-state index in [1.165, 1.54) is 23.2 Å². The van der Waals surface area contributed by atoms with Gasteiger partial charge in [-0.3, -0.25) is 9.59 Å². The average molecular weight is 423 g/mol. The zero-order chi connectivity index (χ0) is 21.8. The summed E-state index contributed by atoms with van der Waals surface area (Å²) in [5.41, 5.74) is 3.54. The molecule has 0 spiro atoms. The second-order valence-electron chi connectivity index (χ2n) is 7.21. The van der Waals surface area contributed by atoms with Crippen LogP contribution in [0.5, 0.6) is 0 Å². The van der Waals surface area contributed by atoms with Gasteiger partial charge in [0, 0.05) is 24.9 Å². The molecule has 0 aliphatic carbocycles. The Labute approximate surface area is 177 Å². The quantitative estimate of drug-likeness (QED) is 0.485. The van der Waals surface area contributed by atoms with Crippen LogP contribution in [0.4, 0.5) is 8.78 Å². The molecule has 8 heteroatoms.